The summed E-state index contributed by atoms with van der Waals surface area (Å²) in [6, 6.07) is 2.77. The number of nitrogens with zero attached hydrogens (tertiary/aromatic N) is 3. The van der Waals surface area contributed by atoms with Gasteiger partial charge in [-0.1, -0.05) is 0 Å². The molecule has 1 aliphatic carbocycles. The van der Waals surface area contributed by atoms with Gasteiger partial charge in [0.15, 0.2) is 0 Å². The van der Waals surface area contributed by atoms with Gasteiger partial charge in [0.1, 0.15) is 0 Å². The Morgan fingerprint density at radius 2 is 2.14 bits per heavy atom. The zero-order chi connectivity index (χ0) is 15.3. The van der Waals surface area contributed by atoms with E-state index in [9.17, 15) is 14.0 Å². The molecule has 0 radical (unpaired) electrons. The standard InChI is InChI=1S/C16H18FN3O2/c17-14-7-11(3-5-18-14)16(22)19-6-4-12-13(19)8-15(21)20(12)9-10-1-2-10/h3,5,7,10,12-13H,1-2,4,6,8-9H2. The fraction of sp³-hybridized carbons (Fsp3) is 0.562. The number of carbonyl (C=O) groups excluding carboxylic acids is 2. The van der Waals surface area contributed by atoms with E-state index in [1.807, 2.05) is 4.90 Å². The van der Waals surface area contributed by atoms with Gasteiger partial charge in [0.2, 0.25) is 11.9 Å². The Balaban J connectivity index is 1.52. The Kier molecular flexibility index (Phi) is 3.13. The number of hydrogen-bond acceptors (Lipinski definition) is 3. The predicted molar refractivity (Wildman–Crippen MR) is 76.5 cm³/mol. The maximum atomic E-state index is 13.2. The van der Waals surface area contributed by atoms with Crippen LogP contribution in [0.2, 0.25) is 0 Å². The first-order valence-electron chi connectivity index (χ1n) is 7.85. The quantitative estimate of drug-likeness (QED) is 0.794. The number of aromatic nitrogens is 1. The van der Waals surface area contributed by atoms with Crippen molar-refractivity contribution in [3.8, 4) is 0 Å². The molecule has 116 valence electrons. The highest BCUT2D eigenvalue weighted by Crippen LogP contribution is 2.37. The van der Waals surface area contributed by atoms with E-state index in [4.69, 9.17) is 0 Å². The monoisotopic (exact) mass is 303 g/mol. The molecular weight excluding hydrogens is 285 g/mol. The zero-order valence-corrected chi connectivity index (χ0v) is 12.2. The Hall–Kier alpha value is -1.98. The molecule has 22 heavy (non-hydrogen) atoms. The summed E-state index contributed by atoms with van der Waals surface area (Å²) in [5.41, 5.74) is 0.307. The molecule has 2 atom stereocenters. The highest BCUT2D eigenvalue weighted by Gasteiger charge is 2.49. The minimum Gasteiger partial charge on any atom is -0.337 e. The highest BCUT2D eigenvalue weighted by atomic mass is 19.1. The summed E-state index contributed by atoms with van der Waals surface area (Å²) >= 11 is 0. The molecule has 2 aliphatic heterocycles. The first-order chi connectivity index (χ1) is 10.6. The zero-order valence-electron chi connectivity index (χ0n) is 12.2. The van der Waals surface area contributed by atoms with Crippen LogP contribution in [0.25, 0.3) is 0 Å². The molecule has 3 heterocycles. The lowest BCUT2D eigenvalue weighted by Crippen LogP contribution is -2.40. The molecule has 0 bridgehead atoms. The van der Waals surface area contributed by atoms with Crippen LogP contribution < -0.4 is 0 Å². The second kappa shape index (κ2) is 5.04. The van der Waals surface area contributed by atoms with E-state index in [-0.39, 0.29) is 23.9 Å². The minimum absolute atomic E-state index is 0.0602. The molecule has 1 aromatic rings. The second-order valence-electron chi connectivity index (χ2n) is 6.48. The number of likely N-dealkylation sites (tertiary alicyclic amines) is 2. The molecule has 1 saturated carbocycles. The fourth-order valence-electron chi connectivity index (χ4n) is 3.70. The maximum Gasteiger partial charge on any atom is 0.254 e. The Morgan fingerprint density at radius 1 is 1.32 bits per heavy atom. The normalized spacial score (nSPS) is 27.4. The largest absolute Gasteiger partial charge is 0.337 e. The van der Waals surface area contributed by atoms with Crippen molar-refractivity contribution in [1.29, 1.82) is 0 Å². The molecule has 2 unspecified atom stereocenters. The van der Waals surface area contributed by atoms with E-state index in [2.05, 4.69) is 4.98 Å². The van der Waals surface area contributed by atoms with Gasteiger partial charge in [-0.3, -0.25) is 9.59 Å². The van der Waals surface area contributed by atoms with Gasteiger partial charge in [0.05, 0.1) is 12.1 Å². The average molecular weight is 303 g/mol. The molecule has 1 aromatic heterocycles. The minimum atomic E-state index is -0.653. The van der Waals surface area contributed by atoms with E-state index in [0.717, 1.165) is 19.0 Å². The van der Waals surface area contributed by atoms with E-state index >= 15 is 0 Å². The van der Waals surface area contributed by atoms with Crippen LogP contribution in [0.5, 0.6) is 0 Å². The number of amides is 2. The third-order valence-corrected chi connectivity index (χ3v) is 5.00. The first-order valence-corrected chi connectivity index (χ1v) is 7.85. The number of fused-ring (bicyclic) bond motifs is 1. The molecule has 6 heteroatoms. The van der Waals surface area contributed by atoms with Crippen molar-refractivity contribution < 1.29 is 14.0 Å². The predicted octanol–water partition coefficient (Wildman–Crippen LogP) is 1.45. The summed E-state index contributed by atoms with van der Waals surface area (Å²) in [6.45, 7) is 1.47. The van der Waals surface area contributed by atoms with Crippen molar-refractivity contribution in [2.75, 3.05) is 13.1 Å². The van der Waals surface area contributed by atoms with Crippen molar-refractivity contribution in [3.05, 3.63) is 29.8 Å². The summed E-state index contributed by atoms with van der Waals surface area (Å²) in [5.74, 6) is -0.0450. The van der Waals surface area contributed by atoms with Crippen LogP contribution in [-0.2, 0) is 4.79 Å². The van der Waals surface area contributed by atoms with Crippen LogP contribution in [0.4, 0.5) is 4.39 Å². The van der Waals surface area contributed by atoms with Crippen LogP contribution in [0.1, 0.15) is 36.0 Å². The molecule has 3 aliphatic rings. The van der Waals surface area contributed by atoms with Gasteiger partial charge in [-0.15, -0.1) is 0 Å². The van der Waals surface area contributed by atoms with Crippen LogP contribution in [0.15, 0.2) is 18.3 Å². The molecule has 0 spiro atoms. The molecule has 0 N–H and O–H groups in total. The van der Waals surface area contributed by atoms with Crippen LogP contribution in [0, 0.1) is 11.9 Å². The van der Waals surface area contributed by atoms with E-state index < -0.39 is 5.95 Å². The van der Waals surface area contributed by atoms with Gasteiger partial charge in [-0.05, 0) is 31.2 Å². The van der Waals surface area contributed by atoms with Gasteiger partial charge >= 0.3 is 0 Å². The Morgan fingerprint density at radius 3 is 2.86 bits per heavy atom. The number of rotatable bonds is 3. The third-order valence-electron chi connectivity index (χ3n) is 5.00. The lowest BCUT2D eigenvalue weighted by atomic mass is 10.1. The van der Waals surface area contributed by atoms with Crippen molar-refractivity contribution >= 4 is 11.8 Å². The first kappa shape index (κ1) is 13.7. The number of hydrogen-bond donors (Lipinski definition) is 0. The lowest BCUT2D eigenvalue weighted by molar-refractivity contribution is -0.129. The summed E-state index contributed by atoms with van der Waals surface area (Å²) in [4.78, 5) is 32.0. The van der Waals surface area contributed by atoms with Crippen LogP contribution in [-0.4, -0.2) is 51.8 Å². The van der Waals surface area contributed by atoms with E-state index in [1.54, 1.807) is 4.90 Å². The van der Waals surface area contributed by atoms with Crippen molar-refractivity contribution in [1.82, 2.24) is 14.8 Å². The van der Waals surface area contributed by atoms with Crippen LogP contribution in [0.3, 0.4) is 0 Å². The lowest BCUT2D eigenvalue weighted by Gasteiger charge is -2.25. The Labute approximate surface area is 128 Å². The number of pyridine rings is 1. The molecule has 2 saturated heterocycles. The molecule has 0 aromatic carbocycles. The maximum absolute atomic E-state index is 13.2. The Bertz CT molecular complexity index is 632. The topological polar surface area (TPSA) is 53.5 Å². The van der Waals surface area contributed by atoms with Crippen molar-refractivity contribution in [3.63, 3.8) is 0 Å². The highest BCUT2D eigenvalue weighted by molar-refractivity contribution is 5.95. The van der Waals surface area contributed by atoms with Gasteiger partial charge in [0.25, 0.3) is 5.91 Å². The van der Waals surface area contributed by atoms with Gasteiger partial charge < -0.3 is 9.80 Å². The molecular formula is C16H18FN3O2. The fourth-order valence-corrected chi connectivity index (χ4v) is 3.70. The van der Waals surface area contributed by atoms with Crippen molar-refractivity contribution in [2.24, 2.45) is 5.92 Å². The number of carbonyl (C=O) groups is 2. The van der Waals surface area contributed by atoms with E-state index in [0.29, 0.717) is 24.4 Å². The summed E-state index contributed by atoms with van der Waals surface area (Å²) < 4.78 is 13.2. The summed E-state index contributed by atoms with van der Waals surface area (Å²) in [5, 5.41) is 0. The third kappa shape index (κ3) is 2.26. The summed E-state index contributed by atoms with van der Waals surface area (Å²) in [6.07, 6.45) is 4.94. The number of halogens is 1. The summed E-state index contributed by atoms with van der Waals surface area (Å²) in [7, 11) is 0. The van der Waals surface area contributed by atoms with Crippen molar-refractivity contribution in [2.45, 2.75) is 37.8 Å². The van der Waals surface area contributed by atoms with E-state index in [1.165, 1.54) is 25.1 Å². The van der Waals surface area contributed by atoms with Gasteiger partial charge in [-0.2, -0.15) is 4.39 Å². The van der Waals surface area contributed by atoms with Gasteiger partial charge in [-0.25, -0.2) is 4.98 Å². The second-order valence-corrected chi connectivity index (χ2v) is 6.48. The molecule has 3 fully saturated rings. The molecule has 5 nitrogen and oxygen atoms in total. The van der Waals surface area contributed by atoms with Crippen LogP contribution >= 0.6 is 0 Å². The molecule has 4 rings (SSSR count). The molecule has 2 amide bonds. The average Bonchev–Trinajstić information content (AvgIpc) is 3.16. The SMILES string of the molecule is O=C1CC2C(CCN2C(=O)c2ccnc(F)c2)N1CC1CC1. The smallest absolute Gasteiger partial charge is 0.254 e. The van der Waals surface area contributed by atoms with Gasteiger partial charge in [0, 0.05) is 37.3 Å².